The fraction of sp³-hybridized carbons (Fsp3) is 0.136. The van der Waals surface area contributed by atoms with Crippen molar-refractivity contribution in [3.8, 4) is 0 Å². The van der Waals surface area contributed by atoms with Gasteiger partial charge in [-0.05, 0) is 17.7 Å². The predicted molar refractivity (Wildman–Crippen MR) is 122 cm³/mol. The van der Waals surface area contributed by atoms with Gasteiger partial charge in [-0.1, -0.05) is 65.7 Å². The van der Waals surface area contributed by atoms with Gasteiger partial charge in [0.2, 0.25) is 11.8 Å². The van der Waals surface area contributed by atoms with Gasteiger partial charge < -0.3 is 5.11 Å². The summed E-state index contributed by atoms with van der Waals surface area (Å²) >= 11 is 11.9. The topological polar surface area (TPSA) is 101 Å². The second-order valence-corrected chi connectivity index (χ2v) is 7.60. The Balaban J connectivity index is 1.91. The summed E-state index contributed by atoms with van der Waals surface area (Å²) in [4.78, 5) is 40.3. The van der Waals surface area contributed by atoms with E-state index < -0.39 is 5.91 Å². The Morgan fingerprint density at radius 1 is 0.969 bits per heavy atom. The fourth-order valence-electron chi connectivity index (χ4n) is 3.27. The van der Waals surface area contributed by atoms with Crippen LogP contribution in [0.15, 0.2) is 65.5 Å². The van der Waals surface area contributed by atoms with Gasteiger partial charge in [-0.2, -0.15) is 0 Å². The first-order valence-electron chi connectivity index (χ1n) is 9.64. The van der Waals surface area contributed by atoms with E-state index in [0.717, 1.165) is 10.5 Å². The first-order chi connectivity index (χ1) is 15.5. The SMILES string of the molecule is O=C(c1nc(Cl)cc(Cl)n1)N(CCO)c1nc2ccccc2c(=O)n1Cc1ccccc1. The zero-order valence-electron chi connectivity index (χ0n) is 16.7. The molecule has 0 bridgehead atoms. The summed E-state index contributed by atoms with van der Waals surface area (Å²) in [5, 5.41) is 10.1. The van der Waals surface area contributed by atoms with Gasteiger partial charge in [-0.3, -0.25) is 19.1 Å². The third-order valence-electron chi connectivity index (χ3n) is 4.69. The van der Waals surface area contributed by atoms with E-state index in [4.69, 9.17) is 23.2 Å². The zero-order valence-corrected chi connectivity index (χ0v) is 18.2. The highest BCUT2D eigenvalue weighted by Gasteiger charge is 2.26. The molecule has 1 N–H and O–H groups in total. The Kier molecular flexibility index (Phi) is 6.45. The number of aliphatic hydroxyl groups is 1. The van der Waals surface area contributed by atoms with Crippen LogP contribution in [0.3, 0.4) is 0 Å². The Hall–Kier alpha value is -3.33. The summed E-state index contributed by atoms with van der Waals surface area (Å²) in [6.07, 6.45) is 0. The zero-order chi connectivity index (χ0) is 22.7. The number of para-hydroxylation sites is 1. The van der Waals surface area contributed by atoms with Crippen molar-refractivity contribution in [2.75, 3.05) is 18.1 Å². The van der Waals surface area contributed by atoms with E-state index in [-0.39, 0.29) is 47.3 Å². The molecule has 0 saturated carbocycles. The van der Waals surface area contributed by atoms with E-state index >= 15 is 0 Å². The number of aromatic nitrogens is 4. The number of carbonyl (C=O) groups is 1. The highest BCUT2D eigenvalue weighted by Crippen LogP contribution is 2.20. The number of nitrogens with zero attached hydrogens (tertiary/aromatic N) is 5. The van der Waals surface area contributed by atoms with Crippen LogP contribution in [0.25, 0.3) is 10.9 Å². The maximum absolute atomic E-state index is 13.4. The molecule has 2 aromatic heterocycles. The maximum Gasteiger partial charge on any atom is 0.298 e. The van der Waals surface area contributed by atoms with Crippen LogP contribution >= 0.6 is 23.2 Å². The number of aliphatic hydroxyl groups excluding tert-OH is 1. The third kappa shape index (κ3) is 4.47. The number of amides is 1. The molecule has 0 aliphatic rings. The van der Waals surface area contributed by atoms with Gasteiger partial charge in [0.1, 0.15) is 10.3 Å². The summed E-state index contributed by atoms with van der Waals surface area (Å²) < 4.78 is 1.39. The smallest absolute Gasteiger partial charge is 0.298 e. The molecule has 162 valence electrons. The van der Waals surface area contributed by atoms with Gasteiger partial charge in [0.25, 0.3) is 11.5 Å². The van der Waals surface area contributed by atoms with E-state index in [1.165, 1.54) is 10.6 Å². The largest absolute Gasteiger partial charge is 0.395 e. The number of benzene rings is 2. The molecule has 0 atom stereocenters. The first kappa shape index (κ1) is 21.9. The summed E-state index contributed by atoms with van der Waals surface area (Å²) in [7, 11) is 0. The second-order valence-electron chi connectivity index (χ2n) is 6.82. The molecule has 2 heterocycles. The number of hydrogen-bond acceptors (Lipinski definition) is 6. The van der Waals surface area contributed by atoms with Crippen LogP contribution in [0.4, 0.5) is 5.95 Å². The molecule has 10 heteroatoms. The maximum atomic E-state index is 13.4. The van der Waals surface area contributed by atoms with Crippen LogP contribution in [0.5, 0.6) is 0 Å². The molecule has 4 rings (SSSR count). The van der Waals surface area contributed by atoms with Crippen LogP contribution < -0.4 is 10.5 Å². The van der Waals surface area contributed by atoms with E-state index in [2.05, 4.69) is 15.0 Å². The van der Waals surface area contributed by atoms with Crippen LogP contribution in [-0.4, -0.2) is 43.7 Å². The third-order valence-corrected chi connectivity index (χ3v) is 5.08. The monoisotopic (exact) mass is 469 g/mol. The Morgan fingerprint density at radius 3 is 2.31 bits per heavy atom. The highest BCUT2D eigenvalue weighted by atomic mass is 35.5. The molecule has 32 heavy (non-hydrogen) atoms. The Labute approximate surface area is 192 Å². The average Bonchev–Trinajstić information content (AvgIpc) is 2.79. The number of hydrogen-bond donors (Lipinski definition) is 1. The van der Waals surface area contributed by atoms with Gasteiger partial charge in [-0.15, -0.1) is 0 Å². The number of halogens is 2. The quantitative estimate of drug-likeness (QED) is 0.435. The summed E-state index contributed by atoms with van der Waals surface area (Å²) in [6.45, 7) is -0.362. The van der Waals surface area contributed by atoms with Gasteiger partial charge >= 0.3 is 0 Å². The molecule has 2 aromatic carbocycles. The molecule has 0 radical (unpaired) electrons. The minimum absolute atomic E-state index is 0.00885. The lowest BCUT2D eigenvalue weighted by molar-refractivity contribution is 0.0968. The molecular formula is C22H17Cl2N5O3. The lowest BCUT2D eigenvalue weighted by atomic mass is 10.2. The molecule has 8 nitrogen and oxygen atoms in total. The average molecular weight is 470 g/mol. The highest BCUT2D eigenvalue weighted by molar-refractivity contribution is 6.33. The van der Waals surface area contributed by atoms with Gasteiger partial charge in [0.05, 0.1) is 30.6 Å². The molecule has 0 aliphatic carbocycles. The van der Waals surface area contributed by atoms with Crippen LogP contribution in [-0.2, 0) is 6.54 Å². The van der Waals surface area contributed by atoms with Crippen molar-refractivity contribution < 1.29 is 9.90 Å². The van der Waals surface area contributed by atoms with Gasteiger partial charge in [-0.25, -0.2) is 15.0 Å². The summed E-state index contributed by atoms with van der Waals surface area (Å²) in [6, 6.07) is 17.5. The minimum atomic E-state index is -0.701. The van der Waals surface area contributed by atoms with Gasteiger partial charge in [0.15, 0.2) is 0 Å². The number of fused-ring (bicyclic) bond motifs is 1. The van der Waals surface area contributed by atoms with Crippen molar-refractivity contribution in [3.63, 3.8) is 0 Å². The molecule has 0 unspecified atom stereocenters. The number of rotatable bonds is 6. The van der Waals surface area contributed by atoms with Crippen LogP contribution in [0, 0.1) is 0 Å². The standard InChI is InChI=1S/C22H17Cl2N5O3/c23-17-12-18(24)27-19(26-17)21(32)28(10-11-30)22-25-16-9-5-4-8-15(16)20(31)29(22)13-14-6-2-1-3-7-14/h1-9,12,30H,10-11,13H2. The lowest BCUT2D eigenvalue weighted by Crippen LogP contribution is -2.40. The van der Waals surface area contributed by atoms with Crippen LogP contribution in [0.1, 0.15) is 16.2 Å². The fourth-order valence-corrected chi connectivity index (χ4v) is 3.69. The molecule has 0 fully saturated rings. The van der Waals surface area contributed by atoms with Crippen molar-refractivity contribution in [2.24, 2.45) is 0 Å². The van der Waals surface area contributed by atoms with Crippen molar-refractivity contribution in [2.45, 2.75) is 6.54 Å². The van der Waals surface area contributed by atoms with Crippen molar-refractivity contribution in [3.05, 3.63) is 92.7 Å². The molecule has 4 aromatic rings. The molecular weight excluding hydrogens is 453 g/mol. The van der Waals surface area contributed by atoms with E-state index in [1.807, 2.05) is 30.3 Å². The van der Waals surface area contributed by atoms with Crippen molar-refractivity contribution in [1.82, 2.24) is 19.5 Å². The number of anilines is 1. The number of carbonyl (C=O) groups excluding carboxylic acids is 1. The normalized spacial score (nSPS) is 11.0. The van der Waals surface area contributed by atoms with Crippen LogP contribution in [0.2, 0.25) is 10.3 Å². The summed E-state index contributed by atoms with van der Waals surface area (Å²) in [5.74, 6) is -0.923. The predicted octanol–water partition coefficient (Wildman–Crippen LogP) is 3.18. The summed E-state index contributed by atoms with van der Waals surface area (Å²) in [5.41, 5.74) is 0.930. The molecule has 0 spiro atoms. The molecule has 0 saturated heterocycles. The molecule has 0 aliphatic heterocycles. The second kappa shape index (κ2) is 9.44. The van der Waals surface area contributed by atoms with E-state index in [0.29, 0.717) is 10.9 Å². The molecule has 1 amide bonds. The van der Waals surface area contributed by atoms with E-state index in [1.54, 1.807) is 24.3 Å². The van der Waals surface area contributed by atoms with Crippen molar-refractivity contribution >= 4 is 46.0 Å². The lowest BCUT2D eigenvalue weighted by Gasteiger charge is -2.24. The van der Waals surface area contributed by atoms with Crippen molar-refractivity contribution in [1.29, 1.82) is 0 Å². The van der Waals surface area contributed by atoms with E-state index in [9.17, 15) is 14.7 Å². The Morgan fingerprint density at radius 2 is 1.62 bits per heavy atom. The minimum Gasteiger partial charge on any atom is -0.395 e. The van der Waals surface area contributed by atoms with Gasteiger partial charge in [0, 0.05) is 6.07 Å². The Bertz CT molecular complexity index is 1320. The first-order valence-corrected chi connectivity index (χ1v) is 10.4.